The average Bonchev–Trinajstić information content (AvgIpc) is 3.19. The number of anilines is 1. The molecule has 1 aliphatic carbocycles. The van der Waals surface area contributed by atoms with E-state index in [2.05, 4.69) is 16.0 Å². The highest BCUT2D eigenvalue weighted by Gasteiger charge is 2.43. The number of fused-ring (bicyclic) bond motifs is 1. The molecule has 132 valence electrons. The van der Waals surface area contributed by atoms with Crippen molar-refractivity contribution >= 4 is 23.5 Å². The van der Waals surface area contributed by atoms with Gasteiger partial charge in [-0.25, -0.2) is 4.79 Å². The van der Waals surface area contributed by atoms with Crippen LogP contribution in [0.3, 0.4) is 0 Å². The van der Waals surface area contributed by atoms with E-state index in [1.165, 1.54) is 11.1 Å². The van der Waals surface area contributed by atoms with E-state index in [1.54, 1.807) is 31.2 Å². The zero-order valence-electron chi connectivity index (χ0n) is 14.4. The molecule has 1 saturated heterocycles. The van der Waals surface area contributed by atoms with Crippen LogP contribution in [0.2, 0.25) is 0 Å². The van der Waals surface area contributed by atoms with E-state index < -0.39 is 17.5 Å². The first kappa shape index (κ1) is 16.3. The van der Waals surface area contributed by atoms with Gasteiger partial charge in [0.15, 0.2) is 0 Å². The molecule has 1 fully saturated rings. The number of urea groups is 1. The number of aryl methyl sites for hydroxylation is 2. The quantitative estimate of drug-likeness (QED) is 0.744. The van der Waals surface area contributed by atoms with Crippen molar-refractivity contribution < 1.29 is 14.4 Å². The van der Waals surface area contributed by atoms with Crippen molar-refractivity contribution in [2.75, 3.05) is 5.32 Å². The minimum absolute atomic E-state index is 0.193. The van der Waals surface area contributed by atoms with Gasteiger partial charge in [-0.3, -0.25) is 14.9 Å². The van der Waals surface area contributed by atoms with Gasteiger partial charge in [0, 0.05) is 11.3 Å². The molecule has 0 spiro atoms. The van der Waals surface area contributed by atoms with E-state index in [0.29, 0.717) is 16.8 Å². The summed E-state index contributed by atoms with van der Waals surface area (Å²) in [6, 6.07) is 12.2. The zero-order valence-corrected chi connectivity index (χ0v) is 14.4. The Morgan fingerprint density at radius 2 is 1.88 bits per heavy atom. The number of amides is 4. The fourth-order valence-electron chi connectivity index (χ4n) is 3.57. The molecule has 4 amide bonds. The number of nitrogens with one attached hydrogen (secondary N) is 3. The van der Waals surface area contributed by atoms with Gasteiger partial charge in [0.25, 0.3) is 11.8 Å². The summed E-state index contributed by atoms with van der Waals surface area (Å²) in [5, 5.41) is 7.74. The first-order valence-corrected chi connectivity index (χ1v) is 8.63. The van der Waals surface area contributed by atoms with Crippen LogP contribution >= 0.6 is 0 Å². The lowest BCUT2D eigenvalue weighted by Crippen LogP contribution is -2.40. The van der Waals surface area contributed by atoms with Crippen molar-refractivity contribution in [2.24, 2.45) is 0 Å². The molecule has 1 aliphatic heterocycles. The Labute approximate surface area is 151 Å². The van der Waals surface area contributed by atoms with Gasteiger partial charge in [0.1, 0.15) is 5.54 Å². The minimum atomic E-state index is -1.15. The average molecular weight is 349 g/mol. The molecule has 0 bridgehead atoms. The second kappa shape index (κ2) is 5.98. The number of rotatable bonds is 3. The standard InChI is InChI=1S/C20H19N3O3/c1-20(18(25)22-19(26)23-20)15-6-3-7-16(11-15)21-17(24)14-9-8-12-4-2-5-13(12)10-14/h3,6-11H,2,4-5H2,1H3,(H,21,24)(H2,22,23,25,26)/t20-/m1/s1. The van der Waals surface area contributed by atoms with Crippen molar-refractivity contribution in [3.63, 3.8) is 0 Å². The molecule has 6 heteroatoms. The van der Waals surface area contributed by atoms with Crippen LogP contribution in [0.4, 0.5) is 10.5 Å². The summed E-state index contributed by atoms with van der Waals surface area (Å²) >= 11 is 0. The third-order valence-electron chi connectivity index (χ3n) is 5.10. The molecule has 0 saturated carbocycles. The summed E-state index contributed by atoms with van der Waals surface area (Å²) in [7, 11) is 0. The molecule has 2 aromatic rings. The smallest absolute Gasteiger partial charge is 0.322 e. The monoisotopic (exact) mass is 349 g/mol. The maximum atomic E-state index is 12.6. The van der Waals surface area contributed by atoms with E-state index in [4.69, 9.17) is 0 Å². The van der Waals surface area contributed by atoms with Gasteiger partial charge in [-0.1, -0.05) is 18.2 Å². The highest BCUT2D eigenvalue weighted by molar-refractivity contribution is 6.07. The van der Waals surface area contributed by atoms with Crippen molar-refractivity contribution in [3.05, 3.63) is 64.7 Å². The molecule has 0 radical (unpaired) electrons. The van der Waals surface area contributed by atoms with Crippen LogP contribution < -0.4 is 16.0 Å². The molecule has 2 aliphatic rings. The Bertz CT molecular complexity index is 938. The molecule has 0 unspecified atom stereocenters. The highest BCUT2D eigenvalue weighted by Crippen LogP contribution is 2.27. The number of hydrogen-bond donors (Lipinski definition) is 3. The molecule has 2 aromatic carbocycles. The molecule has 4 rings (SSSR count). The van der Waals surface area contributed by atoms with Crippen LogP contribution in [0.1, 0.15) is 40.4 Å². The van der Waals surface area contributed by atoms with Gasteiger partial charge in [-0.2, -0.15) is 0 Å². The lowest BCUT2D eigenvalue weighted by Gasteiger charge is -2.21. The summed E-state index contributed by atoms with van der Waals surface area (Å²) in [6.45, 7) is 1.63. The Balaban J connectivity index is 1.57. The summed E-state index contributed by atoms with van der Waals surface area (Å²) in [5.74, 6) is -0.605. The summed E-state index contributed by atoms with van der Waals surface area (Å²) in [4.78, 5) is 36.1. The molecule has 1 atom stereocenters. The van der Waals surface area contributed by atoms with Crippen molar-refractivity contribution in [1.82, 2.24) is 10.6 Å². The molecule has 3 N–H and O–H groups in total. The zero-order chi connectivity index (χ0) is 18.3. The fourth-order valence-corrected chi connectivity index (χ4v) is 3.57. The van der Waals surface area contributed by atoms with E-state index in [0.717, 1.165) is 19.3 Å². The highest BCUT2D eigenvalue weighted by atomic mass is 16.2. The van der Waals surface area contributed by atoms with Gasteiger partial charge >= 0.3 is 6.03 Å². The summed E-state index contributed by atoms with van der Waals surface area (Å²) < 4.78 is 0. The van der Waals surface area contributed by atoms with E-state index >= 15 is 0 Å². The lowest BCUT2D eigenvalue weighted by atomic mass is 9.92. The Hall–Kier alpha value is -3.15. The molecular formula is C20H19N3O3. The maximum absolute atomic E-state index is 12.6. The molecule has 0 aromatic heterocycles. The number of benzene rings is 2. The van der Waals surface area contributed by atoms with Crippen LogP contribution in [-0.2, 0) is 23.2 Å². The third-order valence-corrected chi connectivity index (χ3v) is 5.10. The minimum Gasteiger partial charge on any atom is -0.322 e. The van der Waals surface area contributed by atoms with Gasteiger partial charge in [-0.05, 0) is 67.1 Å². The van der Waals surface area contributed by atoms with E-state index in [1.807, 2.05) is 18.2 Å². The lowest BCUT2D eigenvalue weighted by molar-refractivity contribution is -0.123. The van der Waals surface area contributed by atoms with Gasteiger partial charge in [-0.15, -0.1) is 0 Å². The Morgan fingerprint density at radius 3 is 2.65 bits per heavy atom. The molecule has 6 nitrogen and oxygen atoms in total. The molecule has 26 heavy (non-hydrogen) atoms. The van der Waals surface area contributed by atoms with Crippen LogP contribution in [0.25, 0.3) is 0 Å². The number of carbonyl (C=O) groups excluding carboxylic acids is 3. The van der Waals surface area contributed by atoms with Crippen molar-refractivity contribution in [1.29, 1.82) is 0 Å². The topological polar surface area (TPSA) is 87.3 Å². The van der Waals surface area contributed by atoms with Crippen LogP contribution in [-0.4, -0.2) is 17.8 Å². The predicted molar refractivity (Wildman–Crippen MR) is 96.9 cm³/mol. The van der Waals surface area contributed by atoms with E-state index in [-0.39, 0.29) is 5.91 Å². The number of imide groups is 1. The van der Waals surface area contributed by atoms with Gasteiger partial charge < -0.3 is 10.6 Å². The number of carbonyl (C=O) groups is 3. The van der Waals surface area contributed by atoms with Crippen molar-refractivity contribution in [2.45, 2.75) is 31.7 Å². The van der Waals surface area contributed by atoms with Crippen LogP contribution in [0.15, 0.2) is 42.5 Å². The van der Waals surface area contributed by atoms with Gasteiger partial charge in [0.2, 0.25) is 0 Å². The van der Waals surface area contributed by atoms with Crippen LogP contribution in [0, 0.1) is 0 Å². The molecule has 1 heterocycles. The maximum Gasteiger partial charge on any atom is 0.322 e. The van der Waals surface area contributed by atoms with Gasteiger partial charge in [0.05, 0.1) is 0 Å². The first-order valence-electron chi connectivity index (χ1n) is 8.63. The summed E-state index contributed by atoms with van der Waals surface area (Å²) in [6.07, 6.45) is 3.22. The Morgan fingerprint density at radius 1 is 1.08 bits per heavy atom. The van der Waals surface area contributed by atoms with E-state index in [9.17, 15) is 14.4 Å². The Kier molecular flexibility index (Phi) is 3.76. The first-order chi connectivity index (χ1) is 12.5. The largest absolute Gasteiger partial charge is 0.322 e. The fraction of sp³-hybridized carbons (Fsp3) is 0.250. The van der Waals surface area contributed by atoms with Crippen molar-refractivity contribution in [3.8, 4) is 0 Å². The number of hydrogen-bond acceptors (Lipinski definition) is 3. The summed E-state index contributed by atoms with van der Waals surface area (Å²) in [5.41, 5.74) is 3.21. The predicted octanol–water partition coefficient (Wildman–Crippen LogP) is 2.48. The normalized spacial score (nSPS) is 21.1. The second-order valence-corrected chi connectivity index (χ2v) is 6.91. The third kappa shape index (κ3) is 2.73. The molecular weight excluding hydrogens is 330 g/mol. The van der Waals surface area contributed by atoms with Crippen LogP contribution in [0.5, 0.6) is 0 Å². The second-order valence-electron chi connectivity index (χ2n) is 6.91. The SMILES string of the molecule is C[C@]1(c2cccc(NC(=O)c3ccc4c(c3)CCC4)c2)NC(=O)NC1=O.